The maximum Gasteiger partial charge on any atom is 0.290 e. The number of nitrogens with two attached hydrogens (primary N) is 1. The number of fused-ring (bicyclic) bond motifs is 1. The molecule has 7 heteroatoms. The molecule has 1 unspecified atom stereocenters. The fourth-order valence-electron chi connectivity index (χ4n) is 2.71. The normalized spacial score (nSPS) is 17.7. The standard InChI is InChI=1S/C18H21N5O2/c1-13(2)10-21-11-14(9-20-18(21)19)7-8-15-12-22(24)16-5-3-4-6-17(16)23(15)25/h3-9,11-13,18H,10,19H2,1-2H3. The number of aromatic nitrogens is 2. The Morgan fingerprint density at radius 3 is 2.68 bits per heavy atom. The Hall–Kier alpha value is -2.93. The Kier molecular flexibility index (Phi) is 4.67. The van der Waals surface area contributed by atoms with Gasteiger partial charge in [0.05, 0.1) is 0 Å². The van der Waals surface area contributed by atoms with Crippen LogP contribution in [0.15, 0.2) is 53.3 Å². The van der Waals surface area contributed by atoms with Gasteiger partial charge in [-0.2, -0.15) is 9.46 Å². The van der Waals surface area contributed by atoms with Crippen molar-refractivity contribution >= 4 is 23.3 Å². The summed E-state index contributed by atoms with van der Waals surface area (Å²) >= 11 is 0. The molecule has 0 saturated carbocycles. The summed E-state index contributed by atoms with van der Waals surface area (Å²) in [4.78, 5) is 6.20. The summed E-state index contributed by atoms with van der Waals surface area (Å²) in [6.45, 7) is 5.00. The second-order valence-electron chi connectivity index (χ2n) is 6.41. The van der Waals surface area contributed by atoms with Crippen LogP contribution in [0.3, 0.4) is 0 Å². The monoisotopic (exact) mass is 339 g/mol. The SMILES string of the molecule is CC(C)CN1C=C(C=Cc2c[n+]([O-])c3ccccc3[n+]2[O-])C=NC1N. The highest BCUT2D eigenvalue weighted by Crippen LogP contribution is 2.12. The smallest absolute Gasteiger partial charge is 0.290 e. The van der Waals surface area contributed by atoms with E-state index >= 15 is 0 Å². The van der Waals surface area contributed by atoms with Gasteiger partial charge in [-0.25, -0.2) is 0 Å². The van der Waals surface area contributed by atoms with E-state index in [1.807, 2.05) is 11.1 Å². The van der Waals surface area contributed by atoms with Crippen molar-refractivity contribution in [3.05, 3.63) is 64.4 Å². The molecule has 2 N–H and O–H groups in total. The summed E-state index contributed by atoms with van der Waals surface area (Å²) < 4.78 is 1.45. The number of aliphatic imine (C=N–C) groups is 1. The zero-order chi connectivity index (χ0) is 18.0. The second kappa shape index (κ2) is 6.90. The molecule has 0 saturated heterocycles. The lowest BCUT2D eigenvalue weighted by Crippen LogP contribution is -2.41. The highest BCUT2D eigenvalue weighted by molar-refractivity contribution is 5.84. The average Bonchev–Trinajstić information content (AvgIpc) is 2.59. The van der Waals surface area contributed by atoms with Gasteiger partial charge in [-0.05, 0) is 12.0 Å². The summed E-state index contributed by atoms with van der Waals surface area (Å²) in [7, 11) is 0. The molecule has 0 spiro atoms. The van der Waals surface area contributed by atoms with Crippen LogP contribution in [0.1, 0.15) is 19.5 Å². The van der Waals surface area contributed by atoms with E-state index in [2.05, 4.69) is 18.8 Å². The third-order valence-electron chi connectivity index (χ3n) is 3.88. The summed E-state index contributed by atoms with van der Waals surface area (Å²) in [5.74, 6) is 0.449. The summed E-state index contributed by atoms with van der Waals surface area (Å²) in [6, 6.07) is 6.69. The molecule has 0 fully saturated rings. The Morgan fingerprint density at radius 2 is 1.96 bits per heavy atom. The molecular weight excluding hydrogens is 318 g/mol. The number of hydrogen-bond acceptors (Lipinski definition) is 5. The topological polar surface area (TPSA) is 95.5 Å². The first-order chi connectivity index (χ1) is 12.0. The van der Waals surface area contributed by atoms with E-state index in [0.717, 1.165) is 16.8 Å². The van der Waals surface area contributed by atoms with Crippen molar-refractivity contribution in [3.63, 3.8) is 0 Å². The van der Waals surface area contributed by atoms with Crippen molar-refractivity contribution in [1.82, 2.24) is 4.90 Å². The van der Waals surface area contributed by atoms with Crippen LogP contribution < -0.4 is 15.2 Å². The van der Waals surface area contributed by atoms with Crippen LogP contribution in [0.5, 0.6) is 0 Å². The number of hydrogen-bond donors (Lipinski definition) is 1. The van der Waals surface area contributed by atoms with E-state index in [4.69, 9.17) is 5.73 Å². The highest BCUT2D eigenvalue weighted by Gasteiger charge is 2.17. The predicted octanol–water partition coefficient (Wildman–Crippen LogP) is 1.29. The number of para-hydroxylation sites is 2. The van der Waals surface area contributed by atoms with Crippen molar-refractivity contribution in [1.29, 1.82) is 0 Å². The van der Waals surface area contributed by atoms with E-state index in [1.54, 1.807) is 42.6 Å². The van der Waals surface area contributed by atoms with E-state index in [9.17, 15) is 10.4 Å². The van der Waals surface area contributed by atoms with Crippen molar-refractivity contribution < 1.29 is 9.46 Å². The quantitative estimate of drug-likeness (QED) is 0.670. The van der Waals surface area contributed by atoms with Gasteiger partial charge in [0.2, 0.25) is 0 Å². The Bertz CT molecular complexity index is 873. The first-order valence-electron chi connectivity index (χ1n) is 8.14. The number of allylic oxidation sites excluding steroid dienone is 2. The average molecular weight is 339 g/mol. The summed E-state index contributed by atoms with van der Waals surface area (Å²) in [6.07, 6.45) is 7.81. The van der Waals surface area contributed by atoms with E-state index in [0.29, 0.717) is 21.7 Å². The first-order valence-corrected chi connectivity index (χ1v) is 8.14. The summed E-state index contributed by atoms with van der Waals surface area (Å²) in [5.41, 5.74) is 7.70. The van der Waals surface area contributed by atoms with Gasteiger partial charge in [0.25, 0.3) is 22.9 Å². The van der Waals surface area contributed by atoms with Gasteiger partial charge in [0.15, 0.2) is 6.29 Å². The minimum absolute atomic E-state index is 0.258. The minimum atomic E-state index is -0.395. The summed E-state index contributed by atoms with van der Waals surface area (Å²) in [5, 5.41) is 24.5. The highest BCUT2D eigenvalue weighted by atomic mass is 16.5. The molecule has 0 aliphatic carbocycles. The Labute approximate surface area is 146 Å². The van der Waals surface area contributed by atoms with Crippen molar-refractivity contribution in [2.24, 2.45) is 16.6 Å². The zero-order valence-corrected chi connectivity index (χ0v) is 14.2. The molecule has 0 radical (unpaired) electrons. The maximum absolute atomic E-state index is 12.4. The largest absolute Gasteiger partial charge is 0.618 e. The zero-order valence-electron chi connectivity index (χ0n) is 14.2. The molecule has 0 amide bonds. The van der Waals surface area contributed by atoms with E-state index < -0.39 is 6.29 Å². The van der Waals surface area contributed by atoms with Crippen LogP contribution in [-0.2, 0) is 0 Å². The number of rotatable bonds is 4. The molecule has 7 nitrogen and oxygen atoms in total. The van der Waals surface area contributed by atoms with Crippen LogP contribution >= 0.6 is 0 Å². The first kappa shape index (κ1) is 16.9. The number of benzene rings is 1. The maximum atomic E-state index is 12.4. The lowest BCUT2D eigenvalue weighted by Gasteiger charge is -2.29. The molecule has 1 atom stereocenters. The third kappa shape index (κ3) is 3.61. The molecule has 0 bridgehead atoms. The van der Waals surface area contributed by atoms with Gasteiger partial charge in [0, 0.05) is 42.7 Å². The van der Waals surface area contributed by atoms with Crippen LogP contribution in [0.4, 0.5) is 0 Å². The fourth-order valence-corrected chi connectivity index (χ4v) is 2.71. The molecule has 1 aliphatic heterocycles. The van der Waals surface area contributed by atoms with Crippen molar-refractivity contribution in [2.45, 2.75) is 20.1 Å². The molecule has 1 aliphatic rings. The van der Waals surface area contributed by atoms with Gasteiger partial charge in [-0.15, -0.1) is 0 Å². The molecule has 2 aromatic rings. The third-order valence-corrected chi connectivity index (χ3v) is 3.88. The van der Waals surface area contributed by atoms with Gasteiger partial charge in [-0.1, -0.05) is 26.0 Å². The lowest BCUT2D eigenvalue weighted by molar-refractivity contribution is -0.630. The molecule has 130 valence electrons. The Balaban J connectivity index is 1.90. The molecule has 3 rings (SSSR count). The van der Waals surface area contributed by atoms with Gasteiger partial charge in [0.1, 0.15) is 0 Å². The van der Waals surface area contributed by atoms with E-state index in [1.165, 1.54) is 6.20 Å². The van der Waals surface area contributed by atoms with Crippen LogP contribution in [0, 0.1) is 16.3 Å². The molecule has 1 aromatic carbocycles. The minimum Gasteiger partial charge on any atom is -0.618 e. The lowest BCUT2D eigenvalue weighted by atomic mass is 10.2. The van der Waals surface area contributed by atoms with Gasteiger partial charge >= 0.3 is 0 Å². The molecule has 25 heavy (non-hydrogen) atoms. The Morgan fingerprint density at radius 1 is 1.24 bits per heavy atom. The molecular formula is C18H21N5O2. The van der Waals surface area contributed by atoms with Crippen LogP contribution in [-0.4, -0.2) is 23.9 Å². The van der Waals surface area contributed by atoms with Crippen molar-refractivity contribution in [3.8, 4) is 0 Å². The van der Waals surface area contributed by atoms with Crippen molar-refractivity contribution in [2.75, 3.05) is 6.54 Å². The van der Waals surface area contributed by atoms with Gasteiger partial charge < -0.3 is 15.3 Å². The predicted molar refractivity (Wildman–Crippen MR) is 97.0 cm³/mol. The molecule has 1 aromatic heterocycles. The molecule has 2 heterocycles. The van der Waals surface area contributed by atoms with Crippen LogP contribution in [0.25, 0.3) is 17.1 Å². The van der Waals surface area contributed by atoms with E-state index in [-0.39, 0.29) is 5.69 Å². The fraction of sp³-hybridized carbons (Fsp3) is 0.278. The number of nitrogens with zero attached hydrogens (tertiary/aromatic N) is 4. The second-order valence-corrected chi connectivity index (χ2v) is 6.41. The van der Waals surface area contributed by atoms with Crippen LogP contribution in [0.2, 0.25) is 0 Å². The van der Waals surface area contributed by atoms with Gasteiger partial charge in [-0.3, -0.25) is 10.7 Å².